The lowest BCUT2D eigenvalue weighted by Gasteiger charge is -2.16. The molecule has 0 unspecified atom stereocenters. The molecule has 0 rings (SSSR count). The first-order valence-corrected chi connectivity index (χ1v) is 8.92. The summed E-state index contributed by atoms with van der Waals surface area (Å²) in [5, 5.41) is 12.8. The fourth-order valence-corrected chi connectivity index (χ4v) is 2.64. The van der Waals surface area contributed by atoms with Crippen molar-refractivity contribution in [3.63, 3.8) is 0 Å². The molecule has 2 heteroatoms. The SMILES string of the molecule is C=C(C[C@@H](C)CCC=C(C)C)/C(C[C@@H](C)CCC=C(C)C)=N/O. The zero-order valence-electron chi connectivity index (χ0n) is 16.2. The van der Waals surface area contributed by atoms with E-state index in [1.54, 1.807) is 0 Å². The molecule has 0 aromatic carbocycles. The van der Waals surface area contributed by atoms with Crippen LogP contribution in [0.25, 0.3) is 0 Å². The lowest BCUT2D eigenvalue weighted by molar-refractivity contribution is 0.316. The van der Waals surface area contributed by atoms with Gasteiger partial charge in [-0.3, -0.25) is 0 Å². The van der Waals surface area contributed by atoms with Gasteiger partial charge >= 0.3 is 0 Å². The fraction of sp³-hybridized carbons (Fsp3) is 0.667. The molecule has 0 heterocycles. The zero-order valence-corrected chi connectivity index (χ0v) is 16.2. The molecule has 0 aliphatic heterocycles. The van der Waals surface area contributed by atoms with E-state index in [2.05, 4.69) is 65.4 Å². The van der Waals surface area contributed by atoms with Gasteiger partial charge in [0.1, 0.15) is 0 Å². The summed E-state index contributed by atoms with van der Waals surface area (Å²) in [6.45, 7) is 17.1. The van der Waals surface area contributed by atoms with Gasteiger partial charge in [-0.1, -0.05) is 48.9 Å². The van der Waals surface area contributed by atoms with E-state index >= 15 is 0 Å². The van der Waals surface area contributed by atoms with Crippen LogP contribution in [0.3, 0.4) is 0 Å². The summed E-state index contributed by atoms with van der Waals surface area (Å²) in [7, 11) is 0. The average Bonchev–Trinajstić information content (AvgIpc) is 2.43. The molecular weight excluding hydrogens is 282 g/mol. The monoisotopic (exact) mass is 319 g/mol. The Morgan fingerprint density at radius 3 is 1.74 bits per heavy atom. The van der Waals surface area contributed by atoms with Crippen molar-refractivity contribution < 1.29 is 5.21 Å². The van der Waals surface area contributed by atoms with E-state index < -0.39 is 0 Å². The van der Waals surface area contributed by atoms with Crippen molar-refractivity contribution in [2.75, 3.05) is 0 Å². The summed E-state index contributed by atoms with van der Waals surface area (Å²) >= 11 is 0. The lowest BCUT2D eigenvalue weighted by Crippen LogP contribution is -2.11. The van der Waals surface area contributed by atoms with Crippen LogP contribution in [-0.4, -0.2) is 10.9 Å². The highest BCUT2D eigenvalue weighted by Crippen LogP contribution is 2.21. The van der Waals surface area contributed by atoms with Gasteiger partial charge in [0.05, 0.1) is 5.71 Å². The third kappa shape index (κ3) is 11.9. The first-order valence-electron chi connectivity index (χ1n) is 8.92. The molecule has 0 aromatic rings. The normalized spacial score (nSPS) is 14.1. The van der Waals surface area contributed by atoms with Crippen LogP contribution in [0, 0.1) is 11.8 Å². The Bertz CT molecular complexity index is 435. The molecule has 0 spiro atoms. The van der Waals surface area contributed by atoms with Gasteiger partial charge in [-0.15, -0.1) is 0 Å². The van der Waals surface area contributed by atoms with Crippen molar-refractivity contribution in [2.24, 2.45) is 17.0 Å². The van der Waals surface area contributed by atoms with Crippen LogP contribution in [0.15, 0.2) is 40.6 Å². The maximum absolute atomic E-state index is 9.33. The van der Waals surface area contributed by atoms with E-state index in [9.17, 15) is 5.21 Å². The molecule has 132 valence electrons. The van der Waals surface area contributed by atoms with Crippen molar-refractivity contribution in [1.29, 1.82) is 0 Å². The molecule has 0 aliphatic rings. The van der Waals surface area contributed by atoms with Crippen molar-refractivity contribution in [1.82, 2.24) is 0 Å². The molecule has 0 radical (unpaired) electrons. The van der Waals surface area contributed by atoms with E-state index in [0.29, 0.717) is 11.8 Å². The van der Waals surface area contributed by atoms with Crippen LogP contribution in [0.5, 0.6) is 0 Å². The number of hydrogen-bond donors (Lipinski definition) is 1. The predicted molar refractivity (Wildman–Crippen MR) is 103 cm³/mol. The predicted octanol–water partition coefficient (Wildman–Crippen LogP) is 6.92. The molecular formula is C21H37NO. The topological polar surface area (TPSA) is 32.6 Å². The molecule has 0 saturated heterocycles. The van der Waals surface area contributed by atoms with Gasteiger partial charge in [0.25, 0.3) is 0 Å². The Balaban J connectivity index is 4.30. The minimum Gasteiger partial charge on any atom is -0.411 e. The Morgan fingerprint density at radius 2 is 1.35 bits per heavy atom. The second-order valence-corrected chi connectivity index (χ2v) is 7.49. The van der Waals surface area contributed by atoms with Crippen molar-refractivity contribution in [2.45, 2.75) is 80.1 Å². The molecule has 23 heavy (non-hydrogen) atoms. The maximum Gasteiger partial charge on any atom is 0.0824 e. The molecule has 2 nitrogen and oxygen atoms in total. The standard InChI is InChI=1S/C21H37NO/c1-16(2)10-8-12-18(5)14-20(7)21(22-23)15-19(6)13-9-11-17(3)4/h10-11,18-19,23H,7-9,12-15H2,1-6H3/b22-21+/t18-,19-/m0/s1. The average molecular weight is 320 g/mol. The van der Waals surface area contributed by atoms with Crippen LogP contribution in [0.2, 0.25) is 0 Å². The Morgan fingerprint density at radius 1 is 0.913 bits per heavy atom. The summed E-state index contributed by atoms with van der Waals surface area (Å²) in [5.74, 6) is 1.07. The number of oxime groups is 1. The van der Waals surface area contributed by atoms with Crippen LogP contribution in [-0.2, 0) is 0 Å². The lowest BCUT2D eigenvalue weighted by atomic mass is 9.90. The van der Waals surface area contributed by atoms with Gasteiger partial charge in [0.15, 0.2) is 0 Å². The summed E-state index contributed by atoms with van der Waals surface area (Å²) < 4.78 is 0. The van der Waals surface area contributed by atoms with Gasteiger partial charge < -0.3 is 5.21 Å². The molecule has 0 aromatic heterocycles. The van der Waals surface area contributed by atoms with Gasteiger partial charge in [-0.05, 0) is 83.6 Å². The van der Waals surface area contributed by atoms with Crippen molar-refractivity contribution in [3.8, 4) is 0 Å². The molecule has 2 atom stereocenters. The summed E-state index contributed by atoms with van der Waals surface area (Å²) in [4.78, 5) is 0. The first-order chi connectivity index (χ1) is 10.8. The third-order valence-electron chi connectivity index (χ3n) is 4.09. The van der Waals surface area contributed by atoms with Crippen LogP contribution < -0.4 is 0 Å². The number of rotatable bonds is 11. The first kappa shape index (κ1) is 21.7. The molecule has 0 bridgehead atoms. The molecule has 0 fully saturated rings. The van der Waals surface area contributed by atoms with Crippen molar-refractivity contribution >= 4 is 5.71 Å². The molecule has 1 N–H and O–H groups in total. The zero-order chi connectivity index (χ0) is 17.8. The fourth-order valence-electron chi connectivity index (χ4n) is 2.64. The van der Waals surface area contributed by atoms with Crippen molar-refractivity contribution in [3.05, 3.63) is 35.5 Å². The Hall–Kier alpha value is -1.31. The number of hydrogen-bond acceptors (Lipinski definition) is 2. The highest BCUT2D eigenvalue weighted by atomic mass is 16.4. The number of nitrogens with zero attached hydrogens (tertiary/aromatic N) is 1. The van der Waals surface area contributed by atoms with Gasteiger partial charge in [0, 0.05) is 0 Å². The smallest absolute Gasteiger partial charge is 0.0824 e. The van der Waals surface area contributed by atoms with Gasteiger partial charge in [-0.25, -0.2) is 0 Å². The van der Waals surface area contributed by atoms with E-state index in [1.165, 1.54) is 11.1 Å². The van der Waals surface area contributed by atoms with E-state index in [-0.39, 0.29) is 0 Å². The molecule has 0 amide bonds. The van der Waals surface area contributed by atoms with Crippen LogP contribution in [0.4, 0.5) is 0 Å². The second-order valence-electron chi connectivity index (χ2n) is 7.49. The summed E-state index contributed by atoms with van der Waals surface area (Å²) in [6, 6.07) is 0. The highest BCUT2D eigenvalue weighted by molar-refractivity contribution is 5.99. The molecule has 0 aliphatic carbocycles. The maximum atomic E-state index is 9.33. The quantitative estimate of drug-likeness (QED) is 0.191. The largest absolute Gasteiger partial charge is 0.411 e. The van der Waals surface area contributed by atoms with Gasteiger partial charge in [-0.2, -0.15) is 0 Å². The molecule has 0 saturated carbocycles. The minimum atomic E-state index is 0.509. The second kappa shape index (κ2) is 12.2. The Labute approximate surface area is 144 Å². The third-order valence-corrected chi connectivity index (χ3v) is 4.09. The Kier molecular flexibility index (Phi) is 11.5. The van der Waals surface area contributed by atoms with E-state index in [0.717, 1.165) is 49.8 Å². The summed E-state index contributed by atoms with van der Waals surface area (Å²) in [6.07, 6.45) is 10.8. The number of allylic oxidation sites excluding steroid dienone is 5. The van der Waals surface area contributed by atoms with E-state index in [1.807, 2.05) is 0 Å². The van der Waals surface area contributed by atoms with Crippen LogP contribution in [0.1, 0.15) is 80.1 Å². The summed E-state index contributed by atoms with van der Waals surface area (Å²) in [5.41, 5.74) is 4.51. The van der Waals surface area contributed by atoms with Crippen LogP contribution >= 0.6 is 0 Å². The van der Waals surface area contributed by atoms with Gasteiger partial charge in [0.2, 0.25) is 0 Å². The minimum absolute atomic E-state index is 0.509. The highest BCUT2D eigenvalue weighted by Gasteiger charge is 2.13. The van der Waals surface area contributed by atoms with E-state index in [4.69, 9.17) is 0 Å².